The third kappa shape index (κ3) is 12.0. The van der Waals surface area contributed by atoms with Gasteiger partial charge in [0, 0.05) is 25.3 Å². The molecule has 2 N–H and O–H groups in total. The van der Waals surface area contributed by atoms with Crippen molar-refractivity contribution in [1.29, 1.82) is 0 Å². The summed E-state index contributed by atoms with van der Waals surface area (Å²) in [5.41, 5.74) is -1.76. The topological polar surface area (TPSA) is 137 Å². The maximum Gasteiger partial charge on any atom is 0.510 e. The second-order valence-corrected chi connectivity index (χ2v) is 11.1. The predicted octanol–water partition coefficient (Wildman–Crippen LogP) is 6.86. The number of hydrogen-bond donors (Lipinski definition) is 2. The van der Waals surface area contributed by atoms with Gasteiger partial charge < -0.3 is 24.1 Å². The average molecular weight is 592 g/mol. The summed E-state index contributed by atoms with van der Waals surface area (Å²) < 4.78 is 22.2. The van der Waals surface area contributed by atoms with Crippen molar-refractivity contribution in [2.45, 2.75) is 142 Å². The van der Waals surface area contributed by atoms with Crippen molar-refractivity contribution in [2.24, 2.45) is 0 Å². The van der Waals surface area contributed by atoms with Crippen LogP contribution >= 0.6 is 0 Å². The van der Waals surface area contributed by atoms with Crippen LogP contribution in [-0.4, -0.2) is 47.0 Å². The zero-order chi connectivity index (χ0) is 31.0. The first-order valence-corrected chi connectivity index (χ1v) is 15.6. The summed E-state index contributed by atoms with van der Waals surface area (Å²) in [6.45, 7) is 7.73. The third-order valence-electron chi connectivity index (χ3n) is 7.39. The lowest BCUT2D eigenvalue weighted by atomic mass is 9.98. The zero-order valence-electron chi connectivity index (χ0n) is 25.7. The molecule has 10 heteroatoms. The lowest BCUT2D eigenvalue weighted by Gasteiger charge is -2.33. The SMILES string of the molecule is CCCCCC(=O)Oc1ccc(C[C@](NC(C)CC)(OC(=O)OC2CCCCC2)C(=O)O)cc1OC(=O)CCCCC. The highest BCUT2D eigenvalue weighted by Crippen LogP contribution is 2.32. The Bertz CT molecular complexity index is 1020. The summed E-state index contributed by atoms with van der Waals surface area (Å²) in [5.74, 6) is -2.26. The average Bonchev–Trinajstić information content (AvgIpc) is 2.95. The lowest BCUT2D eigenvalue weighted by Crippen LogP contribution is -2.59. The number of rotatable bonds is 18. The second kappa shape index (κ2) is 18.4. The van der Waals surface area contributed by atoms with Crippen LogP contribution < -0.4 is 14.8 Å². The first-order valence-electron chi connectivity index (χ1n) is 15.6. The number of carboxylic acid groups (broad SMARTS) is 1. The van der Waals surface area contributed by atoms with E-state index >= 15 is 0 Å². The largest absolute Gasteiger partial charge is 0.510 e. The molecular formula is C32H49NO9. The fourth-order valence-corrected chi connectivity index (χ4v) is 4.78. The van der Waals surface area contributed by atoms with Gasteiger partial charge in [0.05, 0.1) is 0 Å². The van der Waals surface area contributed by atoms with E-state index in [0.717, 1.165) is 44.9 Å². The highest BCUT2D eigenvalue weighted by Gasteiger charge is 2.45. The number of carbonyl (C=O) groups is 4. The Morgan fingerprint density at radius 3 is 2.05 bits per heavy atom. The van der Waals surface area contributed by atoms with Gasteiger partial charge in [-0.25, -0.2) is 9.59 Å². The van der Waals surface area contributed by atoms with Crippen LogP contribution in [0.25, 0.3) is 0 Å². The van der Waals surface area contributed by atoms with E-state index in [-0.39, 0.29) is 42.9 Å². The summed E-state index contributed by atoms with van der Waals surface area (Å²) in [5, 5.41) is 13.3. The first kappa shape index (κ1) is 35.1. The van der Waals surface area contributed by atoms with Crippen LogP contribution in [0.15, 0.2) is 18.2 Å². The molecule has 1 aliphatic carbocycles. The van der Waals surface area contributed by atoms with Gasteiger partial charge in [-0.1, -0.05) is 58.9 Å². The van der Waals surface area contributed by atoms with E-state index in [2.05, 4.69) is 5.32 Å². The van der Waals surface area contributed by atoms with Crippen molar-refractivity contribution in [3.63, 3.8) is 0 Å². The molecule has 1 aromatic carbocycles. The normalized spacial score (nSPS) is 15.7. The fraction of sp³-hybridized carbons (Fsp3) is 0.688. The van der Waals surface area contributed by atoms with E-state index in [4.69, 9.17) is 18.9 Å². The molecule has 0 radical (unpaired) electrons. The van der Waals surface area contributed by atoms with Gasteiger partial charge in [-0.05, 0) is 69.6 Å². The molecule has 1 aromatic rings. The van der Waals surface area contributed by atoms with E-state index in [0.29, 0.717) is 37.7 Å². The van der Waals surface area contributed by atoms with E-state index in [1.165, 1.54) is 12.1 Å². The zero-order valence-corrected chi connectivity index (χ0v) is 25.7. The molecule has 1 saturated carbocycles. The summed E-state index contributed by atoms with van der Waals surface area (Å²) in [7, 11) is 0. The lowest BCUT2D eigenvalue weighted by molar-refractivity contribution is -0.168. The van der Waals surface area contributed by atoms with Gasteiger partial charge >= 0.3 is 24.1 Å². The molecule has 2 atom stereocenters. The number of aliphatic carboxylic acids is 1. The predicted molar refractivity (Wildman–Crippen MR) is 157 cm³/mol. The van der Waals surface area contributed by atoms with Crippen molar-refractivity contribution in [3.05, 3.63) is 23.8 Å². The smallest absolute Gasteiger partial charge is 0.477 e. The van der Waals surface area contributed by atoms with Crippen LogP contribution in [0.2, 0.25) is 0 Å². The monoisotopic (exact) mass is 591 g/mol. The number of carbonyl (C=O) groups excluding carboxylic acids is 3. The molecule has 0 heterocycles. The number of nitrogens with one attached hydrogen (secondary N) is 1. The standard InChI is InChI=1S/C32H49NO9/c1-5-8-11-17-28(34)40-26-20-19-24(21-27(26)41-29(35)18-12-9-6-2)22-32(30(36)37,33-23(4)7-3)42-31(38)39-25-15-13-10-14-16-25/h19-21,23,25,33H,5-18,22H2,1-4H3,(H,36,37)/t23?,32-/m0/s1. The van der Waals surface area contributed by atoms with Gasteiger partial charge in [-0.2, -0.15) is 0 Å². The van der Waals surface area contributed by atoms with Crippen molar-refractivity contribution in [1.82, 2.24) is 5.32 Å². The molecule has 0 aliphatic heterocycles. The molecule has 0 saturated heterocycles. The highest BCUT2D eigenvalue weighted by atomic mass is 16.7. The van der Waals surface area contributed by atoms with Gasteiger partial charge in [-0.3, -0.25) is 14.9 Å². The molecule has 10 nitrogen and oxygen atoms in total. The van der Waals surface area contributed by atoms with Crippen molar-refractivity contribution >= 4 is 24.1 Å². The van der Waals surface area contributed by atoms with Crippen LogP contribution in [0.3, 0.4) is 0 Å². The van der Waals surface area contributed by atoms with Gasteiger partial charge in [0.2, 0.25) is 0 Å². The molecule has 42 heavy (non-hydrogen) atoms. The quantitative estimate of drug-likeness (QED) is 0.0806. The van der Waals surface area contributed by atoms with Gasteiger partial charge in [0.25, 0.3) is 5.72 Å². The number of esters is 2. The Labute approximate surface area is 249 Å². The molecule has 0 spiro atoms. The Morgan fingerprint density at radius 1 is 0.905 bits per heavy atom. The summed E-state index contributed by atoms with van der Waals surface area (Å²) >= 11 is 0. The van der Waals surface area contributed by atoms with E-state index in [1.54, 1.807) is 13.0 Å². The van der Waals surface area contributed by atoms with Gasteiger partial charge in [0.1, 0.15) is 6.10 Å². The Morgan fingerprint density at radius 2 is 1.50 bits per heavy atom. The Kier molecular flexibility index (Phi) is 15.4. The van der Waals surface area contributed by atoms with E-state index in [1.807, 2.05) is 20.8 Å². The van der Waals surface area contributed by atoms with Crippen molar-refractivity contribution in [2.75, 3.05) is 0 Å². The highest BCUT2D eigenvalue weighted by molar-refractivity contribution is 5.81. The molecule has 236 valence electrons. The number of benzene rings is 1. The van der Waals surface area contributed by atoms with Crippen LogP contribution in [-0.2, 0) is 30.3 Å². The van der Waals surface area contributed by atoms with Crippen LogP contribution in [0.4, 0.5) is 4.79 Å². The Hall–Kier alpha value is -3.14. The minimum Gasteiger partial charge on any atom is -0.477 e. The van der Waals surface area contributed by atoms with Crippen LogP contribution in [0.5, 0.6) is 11.5 Å². The molecule has 1 unspecified atom stereocenters. The number of unbranched alkanes of at least 4 members (excludes halogenated alkanes) is 4. The minimum absolute atomic E-state index is 0.00505. The molecule has 0 amide bonds. The van der Waals surface area contributed by atoms with Crippen LogP contribution in [0, 0.1) is 0 Å². The maximum absolute atomic E-state index is 12.8. The van der Waals surface area contributed by atoms with Crippen LogP contribution in [0.1, 0.15) is 123 Å². The number of ether oxygens (including phenoxy) is 4. The van der Waals surface area contributed by atoms with Crippen molar-refractivity contribution < 1.29 is 43.2 Å². The molecule has 0 bridgehead atoms. The molecular weight excluding hydrogens is 542 g/mol. The molecule has 0 aromatic heterocycles. The molecule has 2 rings (SSSR count). The molecule has 1 fully saturated rings. The fourth-order valence-electron chi connectivity index (χ4n) is 4.78. The van der Waals surface area contributed by atoms with E-state index in [9.17, 15) is 24.3 Å². The summed E-state index contributed by atoms with van der Waals surface area (Å²) in [6.07, 6.45) is 8.64. The van der Waals surface area contributed by atoms with E-state index < -0.39 is 29.8 Å². The second-order valence-electron chi connectivity index (χ2n) is 11.1. The third-order valence-corrected chi connectivity index (χ3v) is 7.39. The maximum atomic E-state index is 12.8. The summed E-state index contributed by atoms with van der Waals surface area (Å²) in [6, 6.07) is 4.17. The molecule has 1 aliphatic rings. The summed E-state index contributed by atoms with van der Waals surface area (Å²) in [4.78, 5) is 50.6. The van der Waals surface area contributed by atoms with Crippen molar-refractivity contribution in [3.8, 4) is 11.5 Å². The number of carboxylic acids is 1. The van der Waals surface area contributed by atoms with Gasteiger partial charge in [0.15, 0.2) is 11.5 Å². The first-order chi connectivity index (χ1) is 20.1. The Balaban J connectivity index is 2.35. The minimum atomic E-state index is -2.15. The number of hydrogen-bond acceptors (Lipinski definition) is 9. The van der Waals surface area contributed by atoms with Gasteiger partial charge in [-0.15, -0.1) is 0 Å².